The number of anilines is 1. The quantitative estimate of drug-likeness (QED) is 0.482. The van der Waals surface area contributed by atoms with E-state index in [-0.39, 0.29) is 51.4 Å². The van der Waals surface area contributed by atoms with Gasteiger partial charge in [0.1, 0.15) is 22.8 Å². The molecule has 8 nitrogen and oxygen atoms in total. The van der Waals surface area contributed by atoms with Crippen molar-refractivity contribution in [1.29, 1.82) is 0 Å². The molecule has 3 aromatic rings. The van der Waals surface area contributed by atoms with Gasteiger partial charge in [-0.25, -0.2) is 18.7 Å². The molecule has 0 amide bonds. The maximum Gasteiger partial charge on any atom is 0.207 e. The van der Waals surface area contributed by atoms with Crippen molar-refractivity contribution in [3.63, 3.8) is 0 Å². The van der Waals surface area contributed by atoms with Crippen molar-refractivity contribution >= 4 is 16.9 Å². The van der Waals surface area contributed by atoms with Gasteiger partial charge in [0.2, 0.25) is 5.82 Å². The molecular formula is C30H31F2N7O. The van der Waals surface area contributed by atoms with Gasteiger partial charge in [-0.15, -0.1) is 10.2 Å². The van der Waals surface area contributed by atoms with E-state index in [1.807, 2.05) is 0 Å². The van der Waals surface area contributed by atoms with Crippen LogP contribution in [0.5, 0.6) is 5.75 Å². The summed E-state index contributed by atoms with van der Waals surface area (Å²) in [5.41, 5.74) is 0.672. The summed E-state index contributed by atoms with van der Waals surface area (Å²) < 4.78 is 31.4. The van der Waals surface area contributed by atoms with Gasteiger partial charge in [0.15, 0.2) is 17.2 Å². The summed E-state index contributed by atoms with van der Waals surface area (Å²) >= 11 is 0. The van der Waals surface area contributed by atoms with E-state index in [0.717, 1.165) is 83.6 Å². The average Bonchev–Trinajstić information content (AvgIpc) is 3.59. The summed E-state index contributed by atoms with van der Waals surface area (Å²) in [5.74, 6) is 6.02. The highest BCUT2D eigenvalue weighted by molar-refractivity contribution is 5.89. The van der Waals surface area contributed by atoms with Crippen LogP contribution in [-0.2, 0) is 0 Å². The predicted molar refractivity (Wildman–Crippen MR) is 146 cm³/mol. The molecule has 10 heteroatoms. The van der Waals surface area contributed by atoms with Crippen molar-refractivity contribution in [2.75, 3.05) is 31.1 Å². The Morgan fingerprint density at radius 1 is 1.00 bits per heavy atom. The van der Waals surface area contributed by atoms with E-state index in [2.05, 4.69) is 42.1 Å². The van der Waals surface area contributed by atoms with Gasteiger partial charge in [-0.3, -0.25) is 4.90 Å². The summed E-state index contributed by atoms with van der Waals surface area (Å²) in [5, 5.41) is 22.4. The number of rotatable bonds is 3. The van der Waals surface area contributed by atoms with Gasteiger partial charge in [-0.1, -0.05) is 5.92 Å². The number of phenols is 1. The molecule has 0 spiro atoms. The topological polar surface area (TPSA) is 90.3 Å². The summed E-state index contributed by atoms with van der Waals surface area (Å²) in [7, 11) is 0. The lowest BCUT2D eigenvalue weighted by Crippen LogP contribution is -2.61. The second kappa shape index (κ2) is 9.05. The monoisotopic (exact) mass is 543 g/mol. The van der Waals surface area contributed by atoms with Crippen LogP contribution in [-0.4, -0.2) is 74.0 Å². The van der Waals surface area contributed by atoms with Gasteiger partial charge >= 0.3 is 0 Å². The minimum Gasteiger partial charge on any atom is -0.508 e. The second-order valence-electron chi connectivity index (χ2n) is 12.1. The first kappa shape index (κ1) is 24.4. The zero-order valence-electron chi connectivity index (χ0n) is 22.3. The fourth-order valence-electron chi connectivity index (χ4n) is 7.41. The maximum atomic E-state index is 16.5. The van der Waals surface area contributed by atoms with Crippen molar-refractivity contribution in [3.05, 3.63) is 35.2 Å². The number of nitrogens with zero attached hydrogens (tertiary/aromatic N) is 6. The maximum absolute atomic E-state index is 16.5. The van der Waals surface area contributed by atoms with Crippen LogP contribution in [0.4, 0.5) is 14.6 Å². The molecule has 2 bridgehead atoms. The van der Waals surface area contributed by atoms with Gasteiger partial charge in [-0.05, 0) is 82.4 Å². The third-order valence-corrected chi connectivity index (χ3v) is 9.56. The Bertz CT molecular complexity index is 1580. The van der Waals surface area contributed by atoms with Crippen LogP contribution in [0.15, 0.2) is 12.1 Å². The number of fused-ring (bicyclic) bond motifs is 5. The summed E-state index contributed by atoms with van der Waals surface area (Å²) in [6.45, 7) is 3.69. The van der Waals surface area contributed by atoms with Crippen LogP contribution >= 0.6 is 0 Å². The van der Waals surface area contributed by atoms with Crippen molar-refractivity contribution in [2.45, 2.75) is 74.9 Å². The first-order valence-electron chi connectivity index (χ1n) is 14.5. The zero-order chi connectivity index (χ0) is 27.0. The number of hydrogen-bond donors (Lipinski definition) is 2. The van der Waals surface area contributed by atoms with Crippen LogP contribution in [0.1, 0.15) is 68.7 Å². The van der Waals surface area contributed by atoms with Crippen LogP contribution in [0.2, 0.25) is 0 Å². The molecule has 6 fully saturated rings. The molecule has 206 valence electrons. The first-order chi connectivity index (χ1) is 19.5. The van der Waals surface area contributed by atoms with Gasteiger partial charge in [0.05, 0.1) is 5.54 Å². The molecular weight excluding hydrogens is 512 g/mol. The molecule has 5 saturated heterocycles. The number of piperazine rings is 1. The average molecular weight is 544 g/mol. The molecule has 0 radical (unpaired) electrons. The Morgan fingerprint density at radius 2 is 1.82 bits per heavy atom. The van der Waals surface area contributed by atoms with Crippen LogP contribution in [0.3, 0.4) is 0 Å². The molecule has 40 heavy (non-hydrogen) atoms. The van der Waals surface area contributed by atoms with Crippen molar-refractivity contribution in [2.24, 2.45) is 0 Å². The molecule has 7 heterocycles. The Hall–Kier alpha value is -3.42. The Kier molecular flexibility index (Phi) is 5.51. The SMILES string of the molecule is Oc1cc(F)c(C2CC2)c(-c2nnc3c(N4C[C@H]5CC[C@@H]4CN5)nc(C#CC45CCCN4CCC5)nc3c2F)c1. The molecule has 0 unspecified atom stereocenters. The number of halogens is 2. The van der Waals surface area contributed by atoms with E-state index in [0.29, 0.717) is 17.4 Å². The lowest BCUT2D eigenvalue weighted by molar-refractivity contribution is 0.261. The number of hydrogen-bond acceptors (Lipinski definition) is 8. The highest BCUT2D eigenvalue weighted by Crippen LogP contribution is 2.47. The third kappa shape index (κ3) is 3.85. The van der Waals surface area contributed by atoms with Crippen LogP contribution in [0.25, 0.3) is 22.3 Å². The molecule has 9 rings (SSSR count). The van der Waals surface area contributed by atoms with E-state index in [1.54, 1.807) is 0 Å². The van der Waals surface area contributed by atoms with Crippen molar-refractivity contribution < 1.29 is 13.9 Å². The zero-order valence-corrected chi connectivity index (χ0v) is 22.3. The highest BCUT2D eigenvalue weighted by Gasteiger charge is 2.43. The molecule has 6 aliphatic rings. The first-order valence-corrected chi connectivity index (χ1v) is 14.5. The fraction of sp³-hybridized carbons (Fsp3) is 0.533. The van der Waals surface area contributed by atoms with Gasteiger partial charge in [0, 0.05) is 42.4 Å². The standard InChI is InChI=1S/C30H31F2N7O/c31-22-14-20(40)13-21(24(22)17-3-4-17)26-25(32)27-28(37-36-26)29(39-16-18-5-6-19(39)15-33-18)35-23(34-27)7-10-30-8-1-11-38(30)12-2-9-30/h13-14,17-19,33,40H,1-6,8-9,11-12,15-16H2/t18-,19-/m1/s1. The number of nitrogens with one attached hydrogen (secondary N) is 1. The van der Waals surface area contributed by atoms with E-state index in [4.69, 9.17) is 4.98 Å². The Balaban J connectivity index is 1.31. The smallest absolute Gasteiger partial charge is 0.207 e. The summed E-state index contributed by atoms with van der Waals surface area (Å²) in [6, 6.07) is 3.00. The summed E-state index contributed by atoms with van der Waals surface area (Å²) in [6.07, 6.45) is 8.04. The van der Waals surface area contributed by atoms with Crippen molar-refractivity contribution in [1.82, 2.24) is 30.4 Å². The highest BCUT2D eigenvalue weighted by atomic mass is 19.1. The van der Waals surface area contributed by atoms with E-state index in [1.165, 1.54) is 6.07 Å². The number of phenolic OH excluding ortho intramolecular Hbond substituents is 1. The van der Waals surface area contributed by atoms with E-state index < -0.39 is 11.6 Å². The second-order valence-corrected chi connectivity index (χ2v) is 12.1. The predicted octanol–water partition coefficient (Wildman–Crippen LogP) is 3.87. The largest absolute Gasteiger partial charge is 0.508 e. The molecule has 1 saturated carbocycles. The van der Waals surface area contributed by atoms with Crippen molar-refractivity contribution in [3.8, 4) is 28.8 Å². The lowest BCUT2D eigenvalue weighted by Gasteiger charge is -2.46. The number of aromatic nitrogens is 4. The minimum atomic E-state index is -0.689. The van der Waals surface area contributed by atoms with Gasteiger partial charge in [0.25, 0.3) is 0 Å². The van der Waals surface area contributed by atoms with Gasteiger partial charge < -0.3 is 15.3 Å². The molecule has 2 N–H and O–H groups in total. The normalized spacial score (nSPS) is 25.3. The fourth-order valence-corrected chi connectivity index (χ4v) is 7.41. The number of benzene rings is 1. The van der Waals surface area contributed by atoms with Crippen LogP contribution < -0.4 is 10.2 Å². The Labute approximate surface area is 231 Å². The molecule has 1 aliphatic carbocycles. The molecule has 2 aromatic heterocycles. The van der Waals surface area contributed by atoms with Gasteiger partial charge in [-0.2, -0.15) is 0 Å². The summed E-state index contributed by atoms with van der Waals surface area (Å²) in [4.78, 5) is 14.1. The lowest BCUT2D eigenvalue weighted by atomic mass is 9.93. The molecule has 2 atom stereocenters. The van der Waals surface area contributed by atoms with Crippen LogP contribution in [0, 0.1) is 23.5 Å². The number of piperidine rings is 2. The molecule has 5 aliphatic heterocycles. The number of aromatic hydroxyl groups is 1. The minimum absolute atomic E-state index is 0.0219. The molecule has 1 aromatic carbocycles. The Morgan fingerprint density at radius 3 is 2.52 bits per heavy atom. The van der Waals surface area contributed by atoms with E-state index >= 15 is 4.39 Å². The third-order valence-electron chi connectivity index (χ3n) is 9.56. The van der Waals surface area contributed by atoms with E-state index in [9.17, 15) is 9.50 Å².